The number of carbonyl (C=O) groups is 1. The van der Waals surface area contributed by atoms with E-state index in [0.29, 0.717) is 17.8 Å². The molecule has 2 unspecified atom stereocenters. The van der Waals surface area contributed by atoms with Crippen LogP contribution in [0.1, 0.15) is 46.0 Å². The maximum atomic E-state index is 10.7. The molecule has 0 aliphatic heterocycles. The van der Waals surface area contributed by atoms with Crippen molar-refractivity contribution < 1.29 is 9.90 Å². The van der Waals surface area contributed by atoms with Crippen molar-refractivity contribution >= 4 is 5.97 Å². The van der Waals surface area contributed by atoms with Gasteiger partial charge in [0, 0.05) is 6.04 Å². The first-order valence-electron chi connectivity index (χ1n) is 5.99. The molecule has 15 heavy (non-hydrogen) atoms. The zero-order chi connectivity index (χ0) is 11.4. The van der Waals surface area contributed by atoms with Crippen molar-refractivity contribution in [1.29, 1.82) is 0 Å². The standard InChI is InChI=1S/C12H23NO2/c1-8(2)12(9-5-3-4-6-9)10(13)7-11(14)15/h8-10,12H,3-7,13H2,1-2H3,(H,14,15). The van der Waals surface area contributed by atoms with Crippen molar-refractivity contribution in [1.82, 2.24) is 0 Å². The Bertz CT molecular complexity index is 210. The highest BCUT2D eigenvalue weighted by Gasteiger charge is 2.32. The van der Waals surface area contributed by atoms with Crippen LogP contribution in [0.4, 0.5) is 0 Å². The van der Waals surface area contributed by atoms with Gasteiger partial charge in [0.25, 0.3) is 0 Å². The van der Waals surface area contributed by atoms with Gasteiger partial charge in [0.15, 0.2) is 0 Å². The van der Waals surface area contributed by atoms with Crippen LogP contribution < -0.4 is 5.73 Å². The molecule has 1 saturated carbocycles. The van der Waals surface area contributed by atoms with Crippen molar-refractivity contribution in [2.45, 2.75) is 52.0 Å². The van der Waals surface area contributed by atoms with Crippen LogP contribution in [0.3, 0.4) is 0 Å². The SMILES string of the molecule is CC(C)C(C(N)CC(=O)O)C1CCCC1. The van der Waals surface area contributed by atoms with Crippen LogP contribution >= 0.6 is 0 Å². The molecule has 3 nitrogen and oxygen atoms in total. The van der Waals surface area contributed by atoms with Gasteiger partial charge in [0.2, 0.25) is 0 Å². The fourth-order valence-corrected chi connectivity index (χ4v) is 3.07. The molecule has 2 atom stereocenters. The fraction of sp³-hybridized carbons (Fsp3) is 0.917. The molecule has 0 aromatic carbocycles. The average molecular weight is 213 g/mol. The molecule has 1 aliphatic rings. The molecule has 1 aliphatic carbocycles. The Balaban J connectivity index is 2.59. The predicted octanol–water partition coefficient (Wildman–Crippen LogP) is 2.25. The summed E-state index contributed by atoms with van der Waals surface area (Å²) in [6.07, 6.45) is 5.15. The third-order valence-electron chi connectivity index (χ3n) is 3.62. The normalized spacial score (nSPS) is 21.9. The molecule has 1 rings (SSSR count). The lowest BCUT2D eigenvalue weighted by atomic mass is 9.76. The number of hydrogen-bond donors (Lipinski definition) is 2. The molecule has 0 aromatic heterocycles. The Kier molecular flexibility index (Phi) is 4.58. The summed E-state index contributed by atoms with van der Waals surface area (Å²) in [6, 6.07) is -0.175. The lowest BCUT2D eigenvalue weighted by Gasteiger charge is -2.31. The average Bonchev–Trinajstić information content (AvgIpc) is 2.54. The molecule has 0 saturated heterocycles. The number of aliphatic carboxylic acids is 1. The summed E-state index contributed by atoms with van der Waals surface area (Å²) in [5.41, 5.74) is 6.02. The first-order valence-corrected chi connectivity index (χ1v) is 5.99. The van der Waals surface area contributed by atoms with Crippen LogP contribution in [0, 0.1) is 17.8 Å². The summed E-state index contributed by atoms with van der Waals surface area (Å²) in [7, 11) is 0. The van der Waals surface area contributed by atoms with E-state index in [1.807, 2.05) is 0 Å². The van der Waals surface area contributed by atoms with E-state index in [2.05, 4.69) is 13.8 Å². The van der Waals surface area contributed by atoms with Crippen molar-refractivity contribution in [3.8, 4) is 0 Å². The second-order valence-electron chi connectivity index (χ2n) is 5.13. The minimum Gasteiger partial charge on any atom is -0.481 e. The molecule has 3 N–H and O–H groups in total. The van der Waals surface area contributed by atoms with E-state index in [0.717, 1.165) is 0 Å². The van der Waals surface area contributed by atoms with Crippen LogP contribution in [0.25, 0.3) is 0 Å². The van der Waals surface area contributed by atoms with Gasteiger partial charge >= 0.3 is 5.97 Å². The van der Waals surface area contributed by atoms with Gasteiger partial charge in [0.05, 0.1) is 6.42 Å². The zero-order valence-electron chi connectivity index (χ0n) is 9.78. The summed E-state index contributed by atoms with van der Waals surface area (Å²) < 4.78 is 0. The van der Waals surface area contributed by atoms with Gasteiger partial charge in [-0.2, -0.15) is 0 Å². The monoisotopic (exact) mass is 213 g/mol. The third-order valence-corrected chi connectivity index (χ3v) is 3.62. The van der Waals surface area contributed by atoms with Crippen molar-refractivity contribution in [2.75, 3.05) is 0 Å². The zero-order valence-corrected chi connectivity index (χ0v) is 9.78. The Morgan fingerprint density at radius 1 is 1.40 bits per heavy atom. The molecule has 1 fully saturated rings. The minimum atomic E-state index is -0.772. The maximum absolute atomic E-state index is 10.7. The molecule has 88 valence electrons. The number of carboxylic acid groups (broad SMARTS) is 1. The van der Waals surface area contributed by atoms with E-state index < -0.39 is 5.97 Å². The summed E-state index contributed by atoms with van der Waals surface area (Å²) in [5.74, 6) is 0.747. The summed E-state index contributed by atoms with van der Waals surface area (Å²) in [4.78, 5) is 10.7. The van der Waals surface area contributed by atoms with Gasteiger partial charge < -0.3 is 10.8 Å². The van der Waals surface area contributed by atoms with E-state index in [4.69, 9.17) is 10.8 Å². The predicted molar refractivity (Wildman–Crippen MR) is 60.5 cm³/mol. The topological polar surface area (TPSA) is 63.3 Å². The second-order valence-corrected chi connectivity index (χ2v) is 5.13. The van der Waals surface area contributed by atoms with Crippen molar-refractivity contribution in [3.05, 3.63) is 0 Å². The van der Waals surface area contributed by atoms with Gasteiger partial charge in [-0.05, 0) is 17.8 Å². The largest absolute Gasteiger partial charge is 0.481 e. The van der Waals surface area contributed by atoms with E-state index in [1.54, 1.807) is 0 Å². The van der Waals surface area contributed by atoms with Crippen LogP contribution in [0.5, 0.6) is 0 Å². The van der Waals surface area contributed by atoms with Crippen LogP contribution in [0.15, 0.2) is 0 Å². The van der Waals surface area contributed by atoms with Crippen LogP contribution in [0.2, 0.25) is 0 Å². The van der Waals surface area contributed by atoms with Gasteiger partial charge in [-0.25, -0.2) is 0 Å². The fourth-order valence-electron chi connectivity index (χ4n) is 3.07. The lowest BCUT2D eigenvalue weighted by molar-refractivity contribution is -0.137. The molecule has 0 amide bonds. The highest BCUT2D eigenvalue weighted by molar-refractivity contribution is 5.67. The van der Waals surface area contributed by atoms with Crippen LogP contribution in [-0.2, 0) is 4.79 Å². The Hall–Kier alpha value is -0.570. The Morgan fingerprint density at radius 2 is 1.93 bits per heavy atom. The first-order chi connectivity index (χ1) is 7.02. The van der Waals surface area contributed by atoms with Gasteiger partial charge in [-0.15, -0.1) is 0 Å². The molecule has 0 radical (unpaired) electrons. The lowest BCUT2D eigenvalue weighted by Crippen LogP contribution is -2.39. The van der Waals surface area contributed by atoms with Gasteiger partial charge in [-0.1, -0.05) is 39.5 Å². The van der Waals surface area contributed by atoms with Crippen molar-refractivity contribution in [2.24, 2.45) is 23.5 Å². The molecule has 0 heterocycles. The van der Waals surface area contributed by atoms with E-state index in [9.17, 15) is 4.79 Å². The molecule has 3 heteroatoms. The molecule has 0 bridgehead atoms. The van der Waals surface area contributed by atoms with Crippen LogP contribution in [-0.4, -0.2) is 17.1 Å². The second kappa shape index (κ2) is 5.50. The maximum Gasteiger partial charge on any atom is 0.304 e. The van der Waals surface area contributed by atoms with E-state index >= 15 is 0 Å². The third kappa shape index (κ3) is 3.49. The molecular weight excluding hydrogens is 190 g/mol. The molecule has 0 aromatic rings. The summed E-state index contributed by atoms with van der Waals surface area (Å²) in [5, 5.41) is 8.78. The van der Waals surface area contributed by atoms with E-state index in [-0.39, 0.29) is 12.5 Å². The quantitative estimate of drug-likeness (QED) is 0.736. The first kappa shape index (κ1) is 12.5. The van der Waals surface area contributed by atoms with Gasteiger partial charge in [0.1, 0.15) is 0 Å². The number of hydrogen-bond acceptors (Lipinski definition) is 2. The van der Waals surface area contributed by atoms with Gasteiger partial charge in [-0.3, -0.25) is 4.79 Å². The van der Waals surface area contributed by atoms with Crippen molar-refractivity contribution in [3.63, 3.8) is 0 Å². The number of rotatable bonds is 5. The molecular formula is C12H23NO2. The minimum absolute atomic E-state index is 0.110. The molecule has 0 spiro atoms. The smallest absolute Gasteiger partial charge is 0.304 e. The highest BCUT2D eigenvalue weighted by Crippen LogP contribution is 2.37. The Labute approximate surface area is 92.0 Å². The Morgan fingerprint density at radius 3 is 2.33 bits per heavy atom. The number of nitrogens with two attached hydrogens (primary N) is 1. The highest BCUT2D eigenvalue weighted by atomic mass is 16.4. The summed E-state index contributed by atoms with van der Waals surface area (Å²) in [6.45, 7) is 4.31. The summed E-state index contributed by atoms with van der Waals surface area (Å²) >= 11 is 0. The van der Waals surface area contributed by atoms with E-state index in [1.165, 1.54) is 25.7 Å². The number of carboxylic acids is 1.